The van der Waals surface area contributed by atoms with Crippen molar-refractivity contribution in [2.45, 2.75) is 31.7 Å². The number of halogens is 2. The molecule has 7 heteroatoms. The van der Waals surface area contributed by atoms with Gasteiger partial charge in [-0.25, -0.2) is 9.18 Å². The Balaban J connectivity index is 1.57. The molecular weight excluding hydrogens is 345 g/mol. The highest BCUT2D eigenvalue weighted by Gasteiger charge is 2.27. The topological polar surface area (TPSA) is 44.8 Å². The van der Waals surface area contributed by atoms with Gasteiger partial charge in [0, 0.05) is 37.9 Å². The van der Waals surface area contributed by atoms with Crippen LogP contribution >= 0.6 is 11.6 Å². The van der Waals surface area contributed by atoms with Crippen LogP contribution in [0.1, 0.15) is 25.7 Å². The minimum atomic E-state index is -0.485. The van der Waals surface area contributed by atoms with E-state index >= 15 is 0 Å². The molecule has 2 fully saturated rings. The number of carbonyl (C=O) groups is 1. The van der Waals surface area contributed by atoms with E-state index in [9.17, 15) is 9.18 Å². The number of benzene rings is 1. The lowest BCUT2D eigenvalue weighted by atomic mass is 9.99. The average Bonchev–Trinajstić information content (AvgIpc) is 2.64. The number of carbonyl (C=O) groups excluding carboxylic acids is 1. The predicted molar refractivity (Wildman–Crippen MR) is 96.6 cm³/mol. The number of anilines is 1. The molecule has 2 saturated heterocycles. The van der Waals surface area contributed by atoms with Crippen molar-refractivity contribution in [2.24, 2.45) is 0 Å². The molecule has 1 aromatic carbocycles. The zero-order valence-electron chi connectivity index (χ0n) is 14.3. The van der Waals surface area contributed by atoms with Gasteiger partial charge in [0.1, 0.15) is 5.82 Å². The van der Waals surface area contributed by atoms with Crippen molar-refractivity contribution in [1.82, 2.24) is 9.80 Å². The fourth-order valence-corrected chi connectivity index (χ4v) is 3.67. The van der Waals surface area contributed by atoms with Gasteiger partial charge in [0.25, 0.3) is 0 Å². The number of piperidine rings is 1. The van der Waals surface area contributed by atoms with Gasteiger partial charge in [-0.05, 0) is 43.9 Å². The van der Waals surface area contributed by atoms with Gasteiger partial charge in [-0.3, -0.25) is 4.90 Å². The van der Waals surface area contributed by atoms with Crippen LogP contribution in [-0.4, -0.2) is 61.3 Å². The fourth-order valence-electron chi connectivity index (χ4n) is 3.49. The Morgan fingerprint density at radius 1 is 1.28 bits per heavy atom. The summed E-state index contributed by atoms with van der Waals surface area (Å²) in [5.74, 6) is -0.485. The third kappa shape index (κ3) is 5.06. The molecule has 0 spiro atoms. The molecule has 0 bridgehead atoms. The molecule has 2 aliphatic heterocycles. The van der Waals surface area contributed by atoms with Gasteiger partial charge in [0.2, 0.25) is 0 Å². The molecule has 1 atom stereocenters. The zero-order valence-corrected chi connectivity index (χ0v) is 15.1. The number of urea groups is 1. The third-order valence-corrected chi connectivity index (χ3v) is 5.23. The Bertz CT molecular complexity index is 596. The van der Waals surface area contributed by atoms with E-state index in [0.717, 1.165) is 65.1 Å². The Morgan fingerprint density at radius 2 is 2.08 bits per heavy atom. The van der Waals surface area contributed by atoms with Crippen LogP contribution in [0.2, 0.25) is 5.02 Å². The van der Waals surface area contributed by atoms with E-state index in [-0.39, 0.29) is 17.1 Å². The lowest BCUT2D eigenvalue weighted by Crippen LogP contribution is -2.48. The summed E-state index contributed by atoms with van der Waals surface area (Å²) in [4.78, 5) is 17.0. The van der Waals surface area contributed by atoms with Gasteiger partial charge in [0.15, 0.2) is 0 Å². The number of morpholine rings is 1. The van der Waals surface area contributed by atoms with Gasteiger partial charge in [-0.1, -0.05) is 11.6 Å². The molecule has 138 valence electrons. The highest BCUT2D eigenvalue weighted by atomic mass is 35.5. The average molecular weight is 370 g/mol. The molecule has 2 aliphatic rings. The molecule has 2 amide bonds. The van der Waals surface area contributed by atoms with Crippen molar-refractivity contribution < 1.29 is 13.9 Å². The fraction of sp³-hybridized carbons (Fsp3) is 0.611. The predicted octanol–water partition coefficient (Wildman–Crippen LogP) is 3.59. The number of likely N-dealkylation sites (tertiary alicyclic amines) is 1. The minimum Gasteiger partial charge on any atom is -0.379 e. The van der Waals surface area contributed by atoms with Crippen molar-refractivity contribution in [3.63, 3.8) is 0 Å². The highest BCUT2D eigenvalue weighted by molar-refractivity contribution is 6.31. The van der Waals surface area contributed by atoms with E-state index in [2.05, 4.69) is 10.2 Å². The standard InChI is InChI=1S/C18H25ClFN3O2/c19-16-13-14(4-5-17(16)20)21-18(24)23-7-2-1-3-15(23)6-8-22-9-11-25-12-10-22/h4-5,13,15H,1-3,6-12H2,(H,21,24). The minimum absolute atomic E-state index is 0.0142. The summed E-state index contributed by atoms with van der Waals surface area (Å²) in [5, 5.41) is 2.86. The summed E-state index contributed by atoms with van der Waals surface area (Å²) in [6, 6.07) is 4.36. The maximum atomic E-state index is 13.3. The molecule has 1 N–H and O–H groups in total. The monoisotopic (exact) mass is 369 g/mol. The van der Waals surface area contributed by atoms with Gasteiger partial charge < -0.3 is 15.0 Å². The number of hydrogen-bond donors (Lipinski definition) is 1. The van der Waals surface area contributed by atoms with Crippen LogP contribution < -0.4 is 5.32 Å². The Hall–Kier alpha value is -1.37. The normalized spacial score (nSPS) is 22.0. The summed E-state index contributed by atoms with van der Waals surface area (Å²) >= 11 is 5.79. The maximum absolute atomic E-state index is 13.3. The summed E-state index contributed by atoms with van der Waals surface area (Å²) in [7, 11) is 0. The Kier molecular flexibility index (Phi) is 6.51. The van der Waals surface area contributed by atoms with Crippen molar-refractivity contribution in [3.05, 3.63) is 29.0 Å². The van der Waals surface area contributed by atoms with Gasteiger partial charge in [0.05, 0.1) is 18.2 Å². The first-order valence-corrected chi connectivity index (χ1v) is 9.34. The maximum Gasteiger partial charge on any atom is 0.322 e. The van der Waals surface area contributed by atoms with E-state index in [1.54, 1.807) is 0 Å². The van der Waals surface area contributed by atoms with E-state index < -0.39 is 5.82 Å². The first-order valence-electron chi connectivity index (χ1n) is 8.96. The second kappa shape index (κ2) is 8.83. The van der Waals surface area contributed by atoms with E-state index in [4.69, 9.17) is 16.3 Å². The molecule has 2 heterocycles. The second-order valence-corrected chi connectivity index (χ2v) is 7.05. The zero-order chi connectivity index (χ0) is 17.6. The smallest absolute Gasteiger partial charge is 0.322 e. The Labute approximate surface area is 153 Å². The van der Waals surface area contributed by atoms with Crippen molar-refractivity contribution in [3.8, 4) is 0 Å². The van der Waals surface area contributed by atoms with Crippen LogP contribution in [0.3, 0.4) is 0 Å². The van der Waals surface area contributed by atoms with Crippen LogP contribution in [0.25, 0.3) is 0 Å². The van der Waals surface area contributed by atoms with Crippen LogP contribution in [0.4, 0.5) is 14.9 Å². The molecule has 0 radical (unpaired) electrons. The number of nitrogens with one attached hydrogen (secondary N) is 1. The molecular formula is C18H25ClFN3O2. The molecule has 0 saturated carbocycles. The van der Waals surface area contributed by atoms with Crippen molar-refractivity contribution >= 4 is 23.3 Å². The third-order valence-electron chi connectivity index (χ3n) is 4.94. The van der Waals surface area contributed by atoms with Crippen molar-refractivity contribution in [1.29, 1.82) is 0 Å². The van der Waals surface area contributed by atoms with Crippen molar-refractivity contribution in [2.75, 3.05) is 44.7 Å². The van der Waals surface area contributed by atoms with Crippen LogP contribution in [0.15, 0.2) is 18.2 Å². The number of amides is 2. The van der Waals surface area contributed by atoms with Crippen LogP contribution in [0, 0.1) is 5.82 Å². The van der Waals surface area contributed by atoms with Gasteiger partial charge >= 0.3 is 6.03 Å². The van der Waals surface area contributed by atoms with E-state index in [0.29, 0.717) is 5.69 Å². The number of hydrogen-bond acceptors (Lipinski definition) is 3. The van der Waals surface area contributed by atoms with E-state index in [1.165, 1.54) is 18.2 Å². The summed E-state index contributed by atoms with van der Waals surface area (Å²) in [6.07, 6.45) is 4.17. The molecule has 25 heavy (non-hydrogen) atoms. The quantitative estimate of drug-likeness (QED) is 0.882. The first kappa shape index (κ1) is 18.4. The van der Waals surface area contributed by atoms with Gasteiger partial charge in [-0.2, -0.15) is 0 Å². The van der Waals surface area contributed by atoms with Crippen LogP contribution in [0.5, 0.6) is 0 Å². The summed E-state index contributed by atoms with van der Waals surface area (Å²) < 4.78 is 18.6. The molecule has 5 nitrogen and oxygen atoms in total. The SMILES string of the molecule is O=C(Nc1ccc(F)c(Cl)c1)N1CCCCC1CCN1CCOCC1. The lowest BCUT2D eigenvalue weighted by molar-refractivity contribution is 0.0329. The highest BCUT2D eigenvalue weighted by Crippen LogP contribution is 2.23. The lowest BCUT2D eigenvalue weighted by Gasteiger charge is -2.37. The summed E-state index contributed by atoms with van der Waals surface area (Å²) in [5.41, 5.74) is 0.522. The number of nitrogens with zero attached hydrogens (tertiary/aromatic N) is 2. The van der Waals surface area contributed by atoms with Crippen LogP contribution in [-0.2, 0) is 4.74 Å². The molecule has 1 unspecified atom stereocenters. The van der Waals surface area contributed by atoms with Gasteiger partial charge in [-0.15, -0.1) is 0 Å². The number of ether oxygens (including phenoxy) is 1. The molecule has 0 aromatic heterocycles. The molecule has 0 aliphatic carbocycles. The molecule has 3 rings (SSSR count). The first-order chi connectivity index (χ1) is 12.1. The van der Waals surface area contributed by atoms with E-state index in [1.807, 2.05) is 4.90 Å². The second-order valence-electron chi connectivity index (χ2n) is 6.64. The largest absolute Gasteiger partial charge is 0.379 e. The summed E-state index contributed by atoms with van der Waals surface area (Å²) in [6.45, 7) is 5.26. The molecule has 1 aromatic rings. The number of rotatable bonds is 4. The Morgan fingerprint density at radius 3 is 2.84 bits per heavy atom.